The van der Waals surface area contributed by atoms with E-state index < -0.39 is 14.6 Å². The number of sulfone groups is 1. The van der Waals surface area contributed by atoms with Gasteiger partial charge in [0.25, 0.3) is 0 Å². The van der Waals surface area contributed by atoms with E-state index in [4.69, 9.17) is 0 Å². The maximum absolute atomic E-state index is 11.7. The molecular weight excluding hydrogens is 270 g/mol. The molecule has 0 unspecified atom stereocenters. The van der Waals surface area contributed by atoms with E-state index in [2.05, 4.69) is 36.5 Å². The Hall–Kier alpha value is -0.870. The minimum Gasteiger partial charge on any atom is -0.312 e. The van der Waals surface area contributed by atoms with Crippen LogP contribution in [-0.4, -0.2) is 32.0 Å². The maximum atomic E-state index is 11.7. The topological polar surface area (TPSA) is 46.2 Å². The van der Waals surface area contributed by atoms with Crippen LogP contribution in [0.5, 0.6) is 0 Å². The molecule has 112 valence electrons. The van der Waals surface area contributed by atoms with Crippen molar-refractivity contribution in [3.05, 3.63) is 35.4 Å². The smallest absolute Gasteiger partial charge is 0.153 e. The van der Waals surface area contributed by atoms with E-state index >= 15 is 0 Å². The molecule has 3 nitrogen and oxygen atoms in total. The normalized spacial score (nSPS) is 23.4. The van der Waals surface area contributed by atoms with Crippen LogP contribution in [0, 0.1) is 6.92 Å². The van der Waals surface area contributed by atoms with Crippen molar-refractivity contribution in [2.24, 2.45) is 0 Å². The van der Waals surface area contributed by atoms with Gasteiger partial charge in [-0.1, -0.05) is 24.3 Å². The van der Waals surface area contributed by atoms with Crippen LogP contribution >= 0.6 is 0 Å². The summed E-state index contributed by atoms with van der Waals surface area (Å²) in [6.45, 7) is 6.25. The lowest BCUT2D eigenvalue weighted by atomic mass is 9.74. The number of nitrogens with one attached hydrogen (secondary N) is 1. The Bertz CT molecular complexity index is 572. The average Bonchev–Trinajstić information content (AvgIpc) is 2.27. The Morgan fingerprint density at radius 2 is 1.85 bits per heavy atom. The van der Waals surface area contributed by atoms with Gasteiger partial charge in [-0.2, -0.15) is 0 Å². The number of hydrogen-bond acceptors (Lipinski definition) is 3. The largest absolute Gasteiger partial charge is 0.312 e. The highest BCUT2D eigenvalue weighted by atomic mass is 32.2. The third-order valence-electron chi connectivity index (χ3n) is 4.59. The van der Waals surface area contributed by atoms with Crippen molar-refractivity contribution in [2.45, 2.75) is 50.3 Å². The number of hydrogen-bond donors (Lipinski definition) is 1. The summed E-state index contributed by atoms with van der Waals surface area (Å²) >= 11 is 0. The molecule has 1 saturated carbocycles. The van der Waals surface area contributed by atoms with Crippen molar-refractivity contribution < 1.29 is 8.42 Å². The van der Waals surface area contributed by atoms with Crippen molar-refractivity contribution in [1.82, 2.24) is 5.32 Å². The molecule has 1 fully saturated rings. The molecule has 2 rings (SSSR count). The molecule has 1 aromatic rings. The third kappa shape index (κ3) is 3.23. The minimum atomic E-state index is -3.02. The molecule has 0 atom stereocenters. The second-order valence-corrected chi connectivity index (χ2v) is 9.28. The predicted octanol–water partition coefficient (Wildman–Crippen LogP) is 2.65. The highest BCUT2D eigenvalue weighted by Crippen LogP contribution is 2.38. The van der Waals surface area contributed by atoms with Gasteiger partial charge < -0.3 is 5.32 Å². The summed E-state index contributed by atoms with van der Waals surface area (Å²) in [7, 11) is -3.02. The van der Waals surface area contributed by atoms with Crippen LogP contribution in [0.25, 0.3) is 0 Å². The number of aryl methyl sites for hydroxylation is 1. The first-order chi connectivity index (χ1) is 9.21. The Kier molecular flexibility index (Phi) is 4.26. The molecule has 1 N–H and O–H groups in total. The van der Waals surface area contributed by atoms with E-state index in [0.717, 1.165) is 12.8 Å². The second-order valence-electron chi connectivity index (χ2n) is 6.63. The summed E-state index contributed by atoms with van der Waals surface area (Å²) in [5.74, 6) is 0.620. The molecule has 1 aliphatic rings. The fourth-order valence-electron chi connectivity index (χ4n) is 2.60. The van der Waals surface area contributed by atoms with Crippen molar-refractivity contribution in [1.29, 1.82) is 0 Å². The van der Waals surface area contributed by atoms with E-state index in [9.17, 15) is 8.42 Å². The van der Waals surface area contributed by atoms with Gasteiger partial charge >= 0.3 is 0 Å². The number of rotatable bonds is 5. The molecule has 0 amide bonds. The van der Waals surface area contributed by atoms with Crippen LogP contribution in [0.15, 0.2) is 24.3 Å². The molecule has 0 aliphatic heterocycles. The molecule has 4 heteroatoms. The predicted molar refractivity (Wildman–Crippen MR) is 83.9 cm³/mol. The summed E-state index contributed by atoms with van der Waals surface area (Å²) < 4.78 is 22.6. The molecule has 0 aromatic heterocycles. The molecule has 0 heterocycles. The van der Waals surface area contributed by atoms with Gasteiger partial charge in [-0.15, -0.1) is 0 Å². The highest BCUT2D eigenvalue weighted by Gasteiger charge is 2.35. The zero-order valence-corrected chi connectivity index (χ0v) is 13.6. The summed E-state index contributed by atoms with van der Waals surface area (Å²) in [5.41, 5.74) is 2.79. The third-order valence-corrected chi connectivity index (χ3v) is 6.74. The van der Waals surface area contributed by atoms with E-state index in [0.29, 0.717) is 18.5 Å². The van der Waals surface area contributed by atoms with E-state index in [-0.39, 0.29) is 0 Å². The van der Waals surface area contributed by atoms with Crippen LogP contribution in [0.1, 0.15) is 43.7 Å². The lowest BCUT2D eigenvalue weighted by Crippen LogP contribution is -2.49. The van der Waals surface area contributed by atoms with Crippen molar-refractivity contribution in [2.75, 3.05) is 12.8 Å². The van der Waals surface area contributed by atoms with Crippen LogP contribution < -0.4 is 5.32 Å². The molecule has 0 bridgehead atoms. The standard InChI is InChI=1S/C16H25NO2S/c1-12-7-5-6-8-15(12)13-9-14(10-13)17-11-16(2,3)20(4,18)19/h5-8,13-14,17H,9-11H2,1-4H3. The first kappa shape index (κ1) is 15.5. The van der Waals surface area contributed by atoms with Gasteiger partial charge in [-0.25, -0.2) is 8.42 Å². The Morgan fingerprint density at radius 3 is 2.40 bits per heavy atom. The first-order valence-corrected chi connectivity index (χ1v) is 9.08. The summed E-state index contributed by atoms with van der Waals surface area (Å²) in [5, 5.41) is 3.41. The van der Waals surface area contributed by atoms with Gasteiger partial charge in [0.05, 0.1) is 4.75 Å². The molecule has 0 spiro atoms. The Morgan fingerprint density at radius 1 is 1.25 bits per heavy atom. The molecule has 20 heavy (non-hydrogen) atoms. The van der Waals surface area contributed by atoms with Gasteiger partial charge in [0, 0.05) is 18.8 Å². The van der Waals surface area contributed by atoms with Crippen molar-refractivity contribution in [3.8, 4) is 0 Å². The average molecular weight is 295 g/mol. The van der Waals surface area contributed by atoms with Crippen molar-refractivity contribution >= 4 is 9.84 Å². The van der Waals surface area contributed by atoms with Crippen LogP contribution in [0.4, 0.5) is 0 Å². The molecule has 1 aromatic carbocycles. The van der Waals surface area contributed by atoms with Gasteiger partial charge in [-0.3, -0.25) is 0 Å². The quantitative estimate of drug-likeness (QED) is 0.908. The summed E-state index contributed by atoms with van der Waals surface area (Å²) in [4.78, 5) is 0. The fourth-order valence-corrected chi connectivity index (χ4v) is 2.95. The zero-order valence-electron chi connectivity index (χ0n) is 12.8. The van der Waals surface area contributed by atoms with Crippen LogP contribution in [0.2, 0.25) is 0 Å². The monoisotopic (exact) mass is 295 g/mol. The molecule has 0 saturated heterocycles. The van der Waals surface area contributed by atoms with Gasteiger partial charge in [0.2, 0.25) is 0 Å². The summed E-state index contributed by atoms with van der Waals surface area (Å²) in [6, 6.07) is 8.97. The highest BCUT2D eigenvalue weighted by molar-refractivity contribution is 7.92. The van der Waals surface area contributed by atoms with Gasteiger partial charge in [0.15, 0.2) is 9.84 Å². The minimum absolute atomic E-state index is 0.445. The number of benzene rings is 1. The Balaban J connectivity index is 1.85. The molecule has 0 radical (unpaired) electrons. The van der Waals surface area contributed by atoms with Gasteiger partial charge in [0.1, 0.15) is 0 Å². The SMILES string of the molecule is Cc1ccccc1C1CC(NCC(C)(C)S(C)(=O)=O)C1. The van der Waals surface area contributed by atoms with Crippen LogP contribution in [0.3, 0.4) is 0 Å². The van der Waals surface area contributed by atoms with Crippen molar-refractivity contribution in [3.63, 3.8) is 0 Å². The van der Waals surface area contributed by atoms with E-state index in [1.54, 1.807) is 13.8 Å². The maximum Gasteiger partial charge on any atom is 0.153 e. The van der Waals surface area contributed by atoms with Crippen LogP contribution in [-0.2, 0) is 9.84 Å². The summed E-state index contributed by atoms with van der Waals surface area (Å²) in [6.07, 6.45) is 3.51. The zero-order chi connectivity index (χ0) is 15.0. The molecule has 1 aliphatic carbocycles. The van der Waals surface area contributed by atoms with E-state index in [1.165, 1.54) is 17.4 Å². The lowest BCUT2D eigenvalue weighted by Gasteiger charge is -2.39. The van der Waals surface area contributed by atoms with Gasteiger partial charge in [-0.05, 0) is 50.7 Å². The second kappa shape index (κ2) is 5.49. The Labute approximate surface area is 122 Å². The lowest BCUT2D eigenvalue weighted by molar-refractivity contribution is 0.283. The molecular formula is C16H25NO2S. The van der Waals surface area contributed by atoms with E-state index in [1.807, 2.05) is 0 Å². The fraction of sp³-hybridized carbons (Fsp3) is 0.625. The first-order valence-electron chi connectivity index (χ1n) is 7.19.